The van der Waals surface area contributed by atoms with E-state index in [2.05, 4.69) is 59.1 Å². The van der Waals surface area contributed by atoms with Crippen molar-refractivity contribution in [2.24, 2.45) is 11.0 Å². The molecule has 0 radical (unpaired) electrons. The lowest BCUT2D eigenvalue weighted by molar-refractivity contribution is 0.112. The quantitative estimate of drug-likeness (QED) is 0.113. The van der Waals surface area contributed by atoms with Gasteiger partial charge in [-0.1, -0.05) is 63.0 Å². The molecule has 6 heteroatoms. The highest BCUT2D eigenvalue weighted by Gasteiger charge is 2.25. The minimum Gasteiger partial charge on any atom is -0.391 e. The Balaban J connectivity index is 1.30. The number of carbonyl (C=O) groups excluding carboxylic acids is 1. The number of allylic oxidation sites excluding steroid dienone is 1. The number of hydrazone groups is 1. The van der Waals surface area contributed by atoms with Crippen LogP contribution in [0.5, 0.6) is 0 Å². The fourth-order valence-corrected chi connectivity index (χ4v) is 6.23. The van der Waals surface area contributed by atoms with Gasteiger partial charge in [-0.05, 0) is 82.6 Å². The first kappa shape index (κ1) is 32.1. The molecular formula is C34H55N5O. The molecule has 0 aromatic heterocycles. The zero-order valence-corrected chi connectivity index (χ0v) is 25.4. The maximum atomic E-state index is 11.7. The molecule has 2 atom stereocenters. The topological polar surface area (TPSA) is 60.0 Å². The standard InChI is InChI=1S/C34H55N5O/c1-5-6-18-34(28(2)35-3)38(4)26-32-23-29(19-20-31(32)27-40)15-13-22-36-21-12-8-9-14-30-24-37-39(25-30)33-16-10-7-11-17-33/h5,19-20,23-24,27,30,33-36H,1-2,6-18,21-22,25-26H2,3-4H3. The van der Waals surface area contributed by atoms with Crippen LogP contribution in [-0.4, -0.2) is 68.2 Å². The number of nitrogens with zero attached hydrogens (tertiary/aromatic N) is 3. The number of benzene rings is 1. The van der Waals surface area contributed by atoms with E-state index in [0.29, 0.717) is 18.5 Å². The predicted molar refractivity (Wildman–Crippen MR) is 170 cm³/mol. The summed E-state index contributed by atoms with van der Waals surface area (Å²) in [4.78, 5) is 14.0. The second kappa shape index (κ2) is 18.1. The molecule has 222 valence electrons. The normalized spacial score (nSPS) is 18.3. The van der Waals surface area contributed by atoms with Crippen LogP contribution >= 0.6 is 0 Å². The van der Waals surface area contributed by atoms with Gasteiger partial charge in [0.25, 0.3) is 0 Å². The van der Waals surface area contributed by atoms with Crippen LogP contribution in [-0.2, 0) is 13.0 Å². The monoisotopic (exact) mass is 549 g/mol. The molecule has 3 rings (SSSR count). The van der Waals surface area contributed by atoms with Crippen LogP contribution in [0.1, 0.15) is 98.5 Å². The Bertz CT molecular complexity index is 938. The van der Waals surface area contributed by atoms with Gasteiger partial charge in [-0.2, -0.15) is 5.10 Å². The highest BCUT2D eigenvalue weighted by atomic mass is 16.1. The molecule has 2 unspecified atom stereocenters. The lowest BCUT2D eigenvalue weighted by Crippen LogP contribution is -2.36. The van der Waals surface area contributed by atoms with Crippen molar-refractivity contribution in [1.29, 1.82) is 0 Å². The van der Waals surface area contributed by atoms with Gasteiger partial charge in [0.2, 0.25) is 0 Å². The summed E-state index contributed by atoms with van der Waals surface area (Å²) in [7, 11) is 4.02. The molecule has 1 saturated carbocycles. The molecule has 1 aliphatic carbocycles. The number of hydrogen-bond donors (Lipinski definition) is 2. The highest BCUT2D eigenvalue weighted by molar-refractivity contribution is 5.77. The minimum atomic E-state index is 0.192. The molecule has 1 aromatic rings. The Kier molecular flexibility index (Phi) is 14.5. The zero-order chi connectivity index (χ0) is 28.6. The Morgan fingerprint density at radius 2 is 1.98 bits per heavy atom. The minimum absolute atomic E-state index is 0.192. The lowest BCUT2D eigenvalue weighted by atomic mass is 9.94. The van der Waals surface area contributed by atoms with E-state index < -0.39 is 0 Å². The lowest BCUT2D eigenvalue weighted by Gasteiger charge is -2.30. The molecule has 0 spiro atoms. The Morgan fingerprint density at radius 1 is 1.18 bits per heavy atom. The molecule has 0 amide bonds. The number of carbonyl (C=O) groups is 1. The summed E-state index contributed by atoms with van der Waals surface area (Å²) in [6.07, 6.45) is 21.1. The number of unbranched alkanes of at least 4 members (excludes halogenated alkanes) is 2. The summed E-state index contributed by atoms with van der Waals surface area (Å²) in [5.74, 6) is 0.658. The van der Waals surface area contributed by atoms with Gasteiger partial charge in [0, 0.05) is 55.6 Å². The van der Waals surface area contributed by atoms with Gasteiger partial charge in [0.05, 0.1) is 0 Å². The van der Waals surface area contributed by atoms with Crippen LogP contribution in [0.2, 0.25) is 0 Å². The Morgan fingerprint density at radius 3 is 2.73 bits per heavy atom. The van der Waals surface area contributed by atoms with Gasteiger partial charge in [-0.3, -0.25) is 14.7 Å². The SMILES string of the molecule is C=CCCC(C(=C)NC)N(C)Cc1cc(CCCNCCCCCC2C=NN(C3CCCCC3)C2)ccc1C=O. The van der Waals surface area contributed by atoms with Crippen molar-refractivity contribution in [3.63, 3.8) is 0 Å². The third kappa shape index (κ3) is 10.5. The van der Waals surface area contributed by atoms with E-state index in [9.17, 15) is 4.79 Å². The van der Waals surface area contributed by atoms with Crippen molar-refractivity contribution < 1.29 is 4.79 Å². The number of likely N-dealkylation sites (N-methyl/N-ethyl adjacent to an activating group) is 2. The highest BCUT2D eigenvalue weighted by Crippen LogP contribution is 2.26. The third-order valence-electron chi connectivity index (χ3n) is 8.74. The van der Waals surface area contributed by atoms with Crippen molar-refractivity contribution in [1.82, 2.24) is 20.5 Å². The van der Waals surface area contributed by atoms with E-state index in [-0.39, 0.29) is 6.04 Å². The Labute approximate surface area is 244 Å². The molecule has 6 nitrogen and oxygen atoms in total. The number of nitrogens with one attached hydrogen (secondary N) is 2. The van der Waals surface area contributed by atoms with Crippen LogP contribution in [0.25, 0.3) is 0 Å². The first-order valence-corrected chi connectivity index (χ1v) is 15.8. The first-order valence-electron chi connectivity index (χ1n) is 15.8. The molecule has 0 bridgehead atoms. The van der Waals surface area contributed by atoms with Crippen LogP contribution in [0.3, 0.4) is 0 Å². The van der Waals surface area contributed by atoms with Gasteiger partial charge < -0.3 is 10.6 Å². The van der Waals surface area contributed by atoms with E-state index in [1.807, 2.05) is 19.2 Å². The van der Waals surface area contributed by atoms with Crippen molar-refractivity contribution in [3.8, 4) is 0 Å². The summed E-state index contributed by atoms with van der Waals surface area (Å²) in [6, 6.07) is 7.20. The van der Waals surface area contributed by atoms with Gasteiger partial charge in [0.15, 0.2) is 0 Å². The van der Waals surface area contributed by atoms with Gasteiger partial charge in [0.1, 0.15) is 6.29 Å². The average Bonchev–Trinajstić information content (AvgIpc) is 3.46. The van der Waals surface area contributed by atoms with Gasteiger partial charge in [-0.15, -0.1) is 6.58 Å². The van der Waals surface area contributed by atoms with Crippen LogP contribution in [0, 0.1) is 5.92 Å². The van der Waals surface area contributed by atoms with E-state index in [1.165, 1.54) is 63.4 Å². The summed E-state index contributed by atoms with van der Waals surface area (Å²) in [6.45, 7) is 12.0. The van der Waals surface area contributed by atoms with Crippen molar-refractivity contribution in [3.05, 3.63) is 59.8 Å². The van der Waals surface area contributed by atoms with E-state index in [0.717, 1.165) is 68.4 Å². The summed E-state index contributed by atoms with van der Waals surface area (Å²) in [5, 5.41) is 14.0. The predicted octanol–water partition coefficient (Wildman–Crippen LogP) is 6.33. The zero-order valence-electron chi connectivity index (χ0n) is 25.4. The van der Waals surface area contributed by atoms with Crippen molar-refractivity contribution >= 4 is 12.5 Å². The summed E-state index contributed by atoms with van der Waals surface area (Å²) >= 11 is 0. The largest absolute Gasteiger partial charge is 0.391 e. The molecule has 0 saturated heterocycles. The molecule has 1 fully saturated rings. The summed E-state index contributed by atoms with van der Waals surface area (Å²) in [5.41, 5.74) is 4.15. The van der Waals surface area contributed by atoms with E-state index in [4.69, 9.17) is 5.10 Å². The van der Waals surface area contributed by atoms with Gasteiger partial charge in [-0.25, -0.2) is 0 Å². The van der Waals surface area contributed by atoms with Crippen molar-refractivity contribution in [2.45, 2.75) is 102 Å². The Hall–Kier alpha value is -2.44. The average molecular weight is 550 g/mol. The number of hydrogen-bond acceptors (Lipinski definition) is 6. The summed E-state index contributed by atoms with van der Waals surface area (Å²) < 4.78 is 0. The number of rotatable bonds is 20. The molecule has 40 heavy (non-hydrogen) atoms. The third-order valence-corrected chi connectivity index (χ3v) is 8.74. The number of aldehydes is 1. The van der Waals surface area contributed by atoms with Crippen molar-refractivity contribution in [2.75, 3.05) is 33.7 Å². The molecule has 1 aromatic carbocycles. The second-order valence-electron chi connectivity index (χ2n) is 11.9. The number of aryl methyl sites for hydroxylation is 1. The molecule has 1 heterocycles. The maximum absolute atomic E-state index is 11.7. The molecule has 2 N–H and O–H groups in total. The van der Waals surface area contributed by atoms with Gasteiger partial charge >= 0.3 is 0 Å². The molecular weight excluding hydrogens is 494 g/mol. The maximum Gasteiger partial charge on any atom is 0.150 e. The van der Waals surface area contributed by atoms with Crippen LogP contribution in [0.4, 0.5) is 0 Å². The fraction of sp³-hybridized carbons (Fsp3) is 0.647. The smallest absolute Gasteiger partial charge is 0.150 e. The van der Waals surface area contributed by atoms with E-state index >= 15 is 0 Å². The molecule has 1 aliphatic heterocycles. The molecule has 2 aliphatic rings. The van der Waals surface area contributed by atoms with E-state index in [1.54, 1.807) is 0 Å². The van der Waals surface area contributed by atoms with Crippen LogP contribution in [0.15, 0.2) is 48.2 Å². The van der Waals surface area contributed by atoms with Crippen LogP contribution < -0.4 is 10.6 Å². The fourth-order valence-electron chi connectivity index (χ4n) is 6.23. The first-order chi connectivity index (χ1) is 19.5. The second-order valence-corrected chi connectivity index (χ2v) is 11.9.